The van der Waals surface area contributed by atoms with Crippen LogP contribution in [0, 0.1) is 0 Å². The molecule has 3 N–H and O–H groups in total. The highest BCUT2D eigenvalue weighted by atomic mass is 16.6. The summed E-state index contributed by atoms with van der Waals surface area (Å²) in [6, 6.07) is 29.5. The molecule has 1 heterocycles. The Labute approximate surface area is 310 Å². The second-order valence-corrected chi connectivity index (χ2v) is 13.8. The summed E-state index contributed by atoms with van der Waals surface area (Å²) in [5.41, 5.74) is 8.30. The van der Waals surface area contributed by atoms with E-state index in [1.807, 2.05) is 66.7 Å². The third-order valence-corrected chi connectivity index (χ3v) is 8.68. The molecule has 3 atom stereocenters. The van der Waals surface area contributed by atoms with Crippen molar-refractivity contribution < 1.29 is 33.4 Å². The molecule has 11 nitrogen and oxygen atoms in total. The van der Waals surface area contributed by atoms with Crippen LogP contribution in [0.3, 0.4) is 0 Å². The van der Waals surface area contributed by atoms with Crippen LogP contribution < -0.4 is 16.0 Å². The van der Waals surface area contributed by atoms with Gasteiger partial charge in [0.25, 0.3) is 11.8 Å². The van der Waals surface area contributed by atoms with E-state index in [-0.39, 0.29) is 49.8 Å². The van der Waals surface area contributed by atoms with Gasteiger partial charge in [0.2, 0.25) is 5.91 Å². The Bertz CT molecular complexity index is 1910. The Kier molecular flexibility index (Phi) is 12.4. The van der Waals surface area contributed by atoms with E-state index >= 15 is 9.59 Å². The summed E-state index contributed by atoms with van der Waals surface area (Å²) < 4.78 is 10.7. The van der Waals surface area contributed by atoms with Crippen LogP contribution in [0.25, 0.3) is 0 Å². The van der Waals surface area contributed by atoms with Gasteiger partial charge in [0.05, 0.1) is 30.3 Å². The van der Waals surface area contributed by atoms with Crippen molar-refractivity contribution >= 4 is 41.0 Å². The van der Waals surface area contributed by atoms with Crippen LogP contribution in [0.15, 0.2) is 109 Å². The SMILES string of the molecule is CCOC(=O)CC(c1ccccc1)N1C(=O)c2cc(CCC(=O)NCC(N)C(=O)OC(C)(C)C)ccc2N(c2ccccc2)C(=O)C1c1ccccc1. The van der Waals surface area contributed by atoms with Gasteiger partial charge in [-0.15, -0.1) is 0 Å². The fraction of sp³-hybridized carbons (Fsp3) is 0.310. The summed E-state index contributed by atoms with van der Waals surface area (Å²) >= 11 is 0. The van der Waals surface area contributed by atoms with Gasteiger partial charge in [-0.1, -0.05) is 84.9 Å². The topological polar surface area (TPSA) is 148 Å². The number of nitrogens with zero attached hydrogens (tertiary/aromatic N) is 2. The summed E-state index contributed by atoms with van der Waals surface area (Å²) in [5.74, 6) is -2.31. The monoisotopic (exact) mass is 718 g/mol. The molecule has 1 aliphatic rings. The quantitative estimate of drug-likeness (QED) is 0.161. The van der Waals surface area contributed by atoms with Gasteiger partial charge in [0.15, 0.2) is 0 Å². The third kappa shape index (κ3) is 9.55. The maximum Gasteiger partial charge on any atom is 0.325 e. The first-order chi connectivity index (χ1) is 25.4. The molecule has 1 aliphatic heterocycles. The number of carbonyl (C=O) groups excluding carboxylic acids is 5. The number of aryl methyl sites for hydroxylation is 1. The van der Waals surface area contributed by atoms with Crippen LogP contribution in [-0.2, 0) is 35.1 Å². The van der Waals surface area contributed by atoms with E-state index in [1.54, 1.807) is 75.1 Å². The fourth-order valence-electron chi connectivity index (χ4n) is 6.29. The molecule has 3 amide bonds. The first kappa shape index (κ1) is 38.4. The molecule has 53 heavy (non-hydrogen) atoms. The van der Waals surface area contributed by atoms with Crippen LogP contribution in [0.1, 0.15) is 79.7 Å². The Morgan fingerprint density at radius 2 is 1.49 bits per heavy atom. The summed E-state index contributed by atoms with van der Waals surface area (Å²) in [4.78, 5) is 71.7. The van der Waals surface area contributed by atoms with Crippen molar-refractivity contribution in [1.82, 2.24) is 10.2 Å². The molecular weight excluding hydrogens is 672 g/mol. The second kappa shape index (κ2) is 17.1. The van der Waals surface area contributed by atoms with E-state index < -0.39 is 41.6 Å². The lowest BCUT2D eigenvalue weighted by Crippen LogP contribution is -2.45. The second-order valence-electron chi connectivity index (χ2n) is 13.8. The number of rotatable bonds is 13. The molecule has 11 heteroatoms. The van der Waals surface area contributed by atoms with Crippen molar-refractivity contribution in [3.63, 3.8) is 0 Å². The Balaban J connectivity index is 1.55. The van der Waals surface area contributed by atoms with Crippen molar-refractivity contribution in [1.29, 1.82) is 0 Å². The lowest BCUT2D eigenvalue weighted by molar-refractivity contribution is -0.156. The molecule has 0 aromatic heterocycles. The highest BCUT2D eigenvalue weighted by Gasteiger charge is 2.45. The van der Waals surface area contributed by atoms with E-state index in [4.69, 9.17) is 15.2 Å². The maximum atomic E-state index is 15.2. The normalized spacial score (nSPS) is 15.5. The van der Waals surface area contributed by atoms with Gasteiger partial charge in [0.1, 0.15) is 17.7 Å². The smallest absolute Gasteiger partial charge is 0.325 e. The van der Waals surface area contributed by atoms with E-state index in [1.165, 1.54) is 4.90 Å². The molecule has 4 aromatic rings. The number of fused-ring (bicyclic) bond motifs is 1. The highest BCUT2D eigenvalue weighted by Crippen LogP contribution is 2.43. The van der Waals surface area contributed by atoms with Crippen molar-refractivity contribution in [2.75, 3.05) is 18.1 Å². The molecule has 0 aliphatic carbocycles. The predicted molar refractivity (Wildman–Crippen MR) is 201 cm³/mol. The van der Waals surface area contributed by atoms with Crippen LogP contribution in [-0.4, -0.2) is 59.4 Å². The molecule has 0 radical (unpaired) electrons. The number of esters is 2. The largest absolute Gasteiger partial charge is 0.466 e. The van der Waals surface area contributed by atoms with E-state index in [0.717, 1.165) is 0 Å². The van der Waals surface area contributed by atoms with Gasteiger partial charge in [0, 0.05) is 18.7 Å². The number of amides is 3. The van der Waals surface area contributed by atoms with Gasteiger partial charge in [-0.2, -0.15) is 0 Å². The Morgan fingerprint density at radius 1 is 0.868 bits per heavy atom. The number of benzene rings is 4. The molecule has 276 valence electrons. The highest BCUT2D eigenvalue weighted by molar-refractivity contribution is 6.14. The minimum absolute atomic E-state index is 0.0429. The zero-order valence-electron chi connectivity index (χ0n) is 30.5. The van der Waals surface area contributed by atoms with Crippen LogP contribution >= 0.6 is 0 Å². The van der Waals surface area contributed by atoms with Crippen LogP contribution in [0.2, 0.25) is 0 Å². The number of hydrogen-bond acceptors (Lipinski definition) is 8. The van der Waals surface area contributed by atoms with Crippen molar-refractivity contribution in [3.05, 3.63) is 131 Å². The Hall–Kier alpha value is -5.81. The lowest BCUT2D eigenvalue weighted by Gasteiger charge is -2.37. The van der Waals surface area contributed by atoms with E-state index in [0.29, 0.717) is 28.1 Å². The lowest BCUT2D eigenvalue weighted by atomic mass is 9.95. The molecular formula is C42H46N4O7. The number of nitrogens with one attached hydrogen (secondary N) is 1. The zero-order chi connectivity index (χ0) is 38.1. The predicted octanol–water partition coefficient (Wildman–Crippen LogP) is 5.96. The molecule has 0 bridgehead atoms. The average molecular weight is 719 g/mol. The Morgan fingerprint density at radius 3 is 2.11 bits per heavy atom. The van der Waals surface area contributed by atoms with Crippen molar-refractivity contribution in [2.45, 2.75) is 70.7 Å². The molecule has 4 aromatic carbocycles. The third-order valence-electron chi connectivity index (χ3n) is 8.68. The first-order valence-corrected chi connectivity index (χ1v) is 17.7. The minimum atomic E-state index is -1.13. The minimum Gasteiger partial charge on any atom is -0.466 e. The zero-order valence-corrected chi connectivity index (χ0v) is 30.5. The molecule has 0 spiro atoms. The standard InChI is InChI=1S/C42H46N4O7/c1-5-52-37(48)26-35(29-15-9-6-10-16-29)46-38(30-17-11-7-12-18-30)40(50)45(31-19-13-8-14-20-31)34-23-21-28(25-32(34)39(46)49)22-24-36(47)44-27-33(43)41(51)53-42(2,3)4/h6-21,23,25,33,35,38H,5,22,24,26-27,43H2,1-4H3,(H,44,47). The number of carbonyl (C=O) groups is 5. The molecule has 0 saturated carbocycles. The summed E-state index contributed by atoms with van der Waals surface area (Å²) in [5, 5.41) is 2.69. The summed E-state index contributed by atoms with van der Waals surface area (Å²) in [6.45, 7) is 6.98. The summed E-state index contributed by atoms with van der Waals surface area (Å²) in [7, 11) is 0. The number of anilines is 2. The maximum absolute atomic E-state index is 15.2. The molecule has 0 saturated heterocycles. The number of hydrogen-bond donors (Lipinski definition) is 2. The van der Waals surface area contributed by atoms with Crippen molar-refractivity contribution in [3.8, 4) is 0 Å². The fourth-order valence-corrected chi connectivity index (χ4v) is 6.29. The molecule has 0 fully saturated rings. The van der Waals surface area contributed by atoms with Crippen LogP contribution in [0.5, 0.6) is 0 Å². The van der Waals surface area contributed by atoms with E-state index in [9.17, 15) is 14.4 Å². The number of para-hydroxylation sites is 1. The van der Waals surface area contributed by atoms with Gasteiger partial charge >= 0.3 is 11.9 Å². The summed E-state index contributed by atoms with van der Waals surface area (Å²) in [6.07, 6.45) is 0.105. The van der Waals surface area contributed by atoms with E-state index in [2.05, 4.69) is 5.32 Å². The first-order valence-electron chi connectivity index (χ1n) is 17.7. The van der Waals surface area contributed by atoms with Gasteiger partial charge in [-0.25, -0.2) is 0 Å². The van der Waals surface area contributed by atoms with Gasteiger partial charge < -0.3 is 25.4 Å². The van der Waals surface area contributed by atoms with Crippen molar-refractivity contribution in [2.24, 2.45) is 5.73 Å². The number of ether oxygens (including phenoxy) is 2. The van der Waals surface area contributed by atoms with Crippen LogP contribution in [0.4, 0.5) is 11.4 Å². The van der Waals surface area contributed by atoms with Gasteiger partial charge in [-0.05, 0) is 75.1 Å². The number of nitrogens with two attached hydrogens (primary N) is 1. The molecule has 5 rings (SSSR count). The average Bonchev–Trinajstić information content (AvgIpc) is 3.23. The van der Waals surface area contributed by atoms with Gasteiger partial charge in [-0.3, -0.25) is 28.9 Å². The molecule has 3 unspecified atom stereocenters.